The zero-order chi connectivity index (χ0) is 13.9. The van der Waals surface area contributed by atoms with Crippen molar-refractivity contribution in [3.05, 3.63) is 34.9 Å². The third-order valence-corrected chi connectivity index (χ3v) is 3.14. The fourth-order valence-electron chi connectivity index (χ4n) is 1.71. The summed E-state index contributed by atoms with van der Waals surface area (Å²) in [7, 11) is 0. The molecule has 0 saturated heterocycles. The maximum Gasteiger partial charge on any atom is 0.221 e. The second kappa shape index (κ2) is 9.82. The molecule has 0 aliphatic heterocycles. The van der Waals surface area contributed by atoms with Crippen LogP contribution in [0.1, 0.15) is 31.7 Å². The molecule has 1 rings (SSSR count). The molecule has 0 atom stereocenters. The van der Waals surface area contributed by atoms with Gasteiger partial charge >= 0.3 is 0 Å². The molecular weight excluding hydrogens is 260 g/mol. The van der Waals surface area contributed by atoms with Gasteiger partial charge in [-0.25, -0.2) is 0 Å². The zero-order valence-electron chi connectivity index (χ0n) is 11.5. The Labute approximate surface area is 120 Å². The number of carbonyl (C=O) groups is 1. The molecule has 1 amide bonds. The lowest BCUT2D eigenvalue weighted by atomic mass is 10.1. The molecule has 19 heavy (non-hydrogen) atoms. The molecule has 0 heterocycles. The Balaban J connectivity index is 2.05. The Morgan fingerprint density at radius 3 is 2.58 bits per heavy atom. The fraction of sp³-hybridized carbons (Fsp3) is 0.533. The Hall–Kier alpha value is -1.06. The highest BCUT2D eigenvalue weighted by atomic mass is 35.5. The average Bonchev–Trinajstić information content (AvgIpc) is 2.41. The summed E-state index contributed by atoms with van der Waals surface area (Å²) in [5.41, 5.74) is 1.19. The minimum atomic E-state index is 0.109. The molecule has 1 aromatic rings. The van der Waals surface area contributed by atoms with E-state index in [9.17, 15) is 4.79 Å². The van der Waals surface area contributed by atoms with E-state index in [1.807, 2.05) is 24.3 Å². The standard InChI is InChI=1S/C15H23ClN2O/c1-2-3-10-17-11-9-15(19)18-12-8-13-4-6-14(16)7-5-13/h4-7,17H,2-3,8-12H2,1H3,(H,18,19). The number of hydrogen-bond donors (Lipinski definition) is 2. The third kappa shape index (κ3) is 7.85. The van der Waals surface area contributed by atoms with Crippen molar-refractivity contribution in [1.82, 2.24) is 10.6 Å². The van der Waals surface area contributed by atoms with E-state index in [1.54, 1.807) is 0 Å². The summed E-state index contributed by atoms with van der Waals surface area (Å²) in [6.07, 6.45) is 3.73. The van der Waals surface area contributed by atoms with Crippen LogP contribution in [0.2, 0.25) is 5.02 Å². The van der Waals surface area contributed by atoms with Gasteiger partial charge in [-0.3, -0.25) is 4.79 Å². The number of rotatable bonds is 9. The first-order valence-electron chi connectivity index (χ1n) is 6.94. The molecule has 106 valence electrons. The van der Waals surface area contributed by atoms with E-state index in [-0.39, 0.29) is 5.91 Å². The minimum Gasteiger partial charge on any atom is -0.356 e. The first kappa shape index (κ1) is 16.0. The third-order valence-electron chi connectivity index (χ3n) is 2.89. The Bertz CT molecular complexity index is 365. The molecule has 0 aliphatic carbocycles. The summed E-state index contributed by atoms with van der Waals surface area (Å²) < 4.78 is 0. The summed E-state index contributed by atoms with van der Waals surface area (Å²) in [4.78, 5) is 11.5. The molecule has 0 fully saturated rings. The number of unbranched alkanes of at least 4 members (excludes halogenated alkanes) is 1. The molecule has 0 radical (unpaired) electrons. The summed E-state index contributed by atoms with van der Waals surface area (Å²) in [6.45, 7) is 4.59. The van der Waals surface area contributed by atoms with Gasteiger partial charge in [0.05, 0.1) is 0 Å². The van der Waals surface area contributed by atoms with Gasteiger partial charge < -0.3 is 10.6 Å². The molecule has 0 saturated carbocycles. The van der Waals surface area contributed by atoms with Crippen molar-refractivity contribution < 1.29 is 4.79 Å². The van der Waals surface area contributed by atoms with Crippen LogP contribution in [0, 0.1) is 0 Å². The predicted molar refractivity (Wildman–Crippen MR) is 80.6 cm³/mol. The van der Waals surface area contributed by atoms with Crippen LogP contribution in [0.5, 0.6) is 0 Å². The number of carbonyl (C=O) groups excluding carboxylic acids is 1. The van der Waals surface area contributed by atoms with Crippen molar-refractivity contribution in [2.75, 3.05) is 19.6 Å². The smallest absolute Gasteiger partial charge is 0.221 e. The molecular formula is C15H23ClN2O. The second-order valence-electron chi connectivity index (χ2n) is 4.58. The summed E-state index contributed by atoms with van der Waals surface area (Å²) in [6, 6.07) is 7.72. The summed E-state index contributed by atoms with van der Waals surface area (Å²) in [5, 5.41) is 6.92. The largest absolute Gasteiger partial charge is 0.356 e. The zero-order valence-corrected chi connectivity index (χ0v) is 12.3. The van der Waals surface area contributed by atoms with E-state index >= 15 is 0 Å². The maximum atomic E-state index is 11.5. The van der Waals surface area contributed by atoms with Crippen LogP contribution < -0.4 is 10.6 Å². The van der Waals surface area contributed by atoms with Gasteiger partial charge in [-0.05, 0) is 37.1 Å². The summed E-state index contributed by atoms with van der Waals surface area (Å²) >= 11 is 5.81. The molecule has 4 heteroatoms. The van der Waals surface area contributed by atoms with Crippen molar-refractivity contribution >= 4 is 17.5 Å². The predicted octanol–water partition coefficient (Wildman–Crippen LogP) is 2.78. The molecule has 0 spiro atoms. The first-order valence-corrected chi connectivity index (χ1v) is 7.32. The number of hydrogen-bond acceptors (Lipinski definition) is 2. The maximum absolute atomic E-state index is 11.5. The Kier molecular flexibility index (Phi) is 8.26. The van der Waals surface area contributed by atoms with Crippen LogP contribution in [-0.4, -0.2) is 25.5 Å². The highest BCUT2D eigenvalue weighted by molar-refractivity contribution is 6.30. The van der Waals surface area contributed by atoms with Crippen molar-refractivity contribution in [3.63, 3.8) is 0 Å². The Morgan fingerprint density at radius 2 is 1.89 bits per heavy atom. The van der Waals surface area contributed by atoms with E-state index < -0.39 is 0 Å². The van der Waals surface area contributed by atoms with Crippen LogP contribution in [-0.2, 0) is 11.2 Å². The monoisotopic (exact) mass is 282 g/mol. The number of benzene rings is 1. The van der Waals surface area contributed by atoms with Crippen molar-refractivity contribution in [1.29, 1.82) is 0 Å². The van der Waals surface area contributed by atoms with Crippen LogP contribution in [0.15, 0.2) is 24.3 Å². The van der Waals surface area contributed by atoms with Gasteiger partial charge in [0.15, 0.2) is 0 Å². The quantitative estimate of drug-likeness (QED) is 0.684. The molecule has 3 nitrogen and oxygen atoms in total. The van der Waals surface area contributed by atoms with Crippen LogP contribution in [0.4, 0.5) is 0 Å². The fourth-order valence-corrected chi connectivity index (χ4v) is 1.84. The second-order valence-corrected chi connectivity index (χ2v) is 5.02. The number of halogens is 1. The van der Waals surface area contributed by atoms with E-state index in [4.69, 9.17) is 11.6 Å². The molecule has 0 bridgehead atoms. The van der Waals surface area contributed by atoms with Gasteiger partial charge in [0.2, 0.25) is 5.91 Å². The number of nitrogens with one attached hydrogen (secondary N) is 2. The molecule has 1 aromatic carbocycles. The van der Waals surface area contributed by atoms with E-state index in [0.717, 1.165) is 31.0 Å². The van der Waals surface area contributed by atoms with Crippen molar-refractivity contribution in [2.24, 2.45) is 0 Å². The Morgan fingerprint density at radius 1 is 1.16 bits per heavy atom. The van der Waals surface area contributed by atoms with Crippen LogP contribution in [0.25, 0.3) is 0 Å². The highest BCUT2D eigenvalue weighted by Crippen LogP contribution is 2.09. The lowest BCUT2D eigenvalue weighted by molar-refractivity contribution is -0.120. The van der Waals surface area contributed by atoms with Crippen molar-refractivity contribution in [2.45, 2.75) is 32.6 Å². The topological polar surface area (TPSA) is 41.1 Å². The van der Waals surface area contributed by atoms with Crippen LogP contribution in [0.3, 0.4) is 0 Å². The van der Waals surface area contributed by atoms with Crippen molar-refractivity contribution in [3.8, 4) is 0 Å². The van der Waals surface area contributed by atoms with Gasteiger partial charge in [-0.1, -0.05) is 37.1 Å². The van der Waals surface area contributed by atoms with Crippen LogP contribution >= 0.6 is 11.6 Å². The van der Waals surface area contributed by atoms with E-state index in [1.165, 1.54) is 12.0 Å². The lowest BCUT2D eigenvalue weighted by Gasteiger charge is -2.06. The normalized spacial score (nSPS) is 10.4. The number of amides is 1. The molecule has 0 unspecified atom stereocenters. The van der Waals surface area contributed by atoms with Gasteiger partial charge in [0.1, 0.15) is 0 Å². The van der Waals surface area contributed by atoms with Gasteiger partial charge in [-0.2, -0.15) is 0 Å². The minimum absolute atomic E-state index is 0.109. The first-order chi connectivity index (χ1) is 9.22. The average molecular weight is 283 g/mol. The highest BCUT2D eigenvalue weighted by Gasteiger charge is 2.00. The lowest BCUT2D eigenvalue weighted by Crippen LogP contribution is -2.29. The molecule has 0 aromatic heterocycles. The molecule has 2 N–H and O–H groups in total. The van der Waals surface area contributed by atoms with E-state index in [0.29, 0.717) is 13.0 Å². The van der Waals surface area contributed by atoms with Gasteiger partial charge in [0.25, 0.3) is 0 Å². The van der Waals surface area contributed by atoms with Gasteiger partial charge in [0, 0.05) is 24.5 Å². The summed E-state index contributed by atoms with van der Waals surface area (Å²) in [5.74, 6) is 0.109. The SMILES string of the molecule is CCCCNCCC(=O)NCCc1ccc(Cl)cc1. The van der Waals surface area contributed by atoms with Gasteiger partial charge in [-0.15, -0.1) is 0 Å². The molecule has 0 aliphatic rings. The van der Waals surface area contributed by atoms with E-state index in [2.05, 4.69) is 17.6 Å².